The molecule has 5 nitrogen and oxygen atoms in total. The lowest BCUT2D eigenvalue weighted by molar-refractivity contribution is 0.414. The van der Waals surface area contributed by atoms with Crippen molar-refractivity contribution in [3.8, 4) is 5.75 Å². The van der Waals surface area contributed by atoms with Crippen molar-refractivity contribution in [1.82, 2.24) is 0 Å². The Labute approximate surface area is 128 Å². The van der Waals surface area contributed by atoms with Crippen LogP contribution in [-0.4, -0.2) is 15.5 Å². The summed E-state index contributed by atoms with van der Waals surface area (Å²) in [5.41, 5.74) is 7.14. The minimum atomic E-state index is -3.54. The molecule has 0 aromatic heterocycles. The van der Waals surface area contributed by atoms with E-state index in [1.807, 2.05) is 0 Å². The normalized spacial score (nSPS) is 15.6. The van der Waals surface area contributed by atoms with Gasteiger partial charge in [0, 0.05) is 5.56 Å². The first kappa shape index (κ1) is 14.6. The summed E-state index contributed by atoms with van der Waals surface area (Å²) < 4.78 is 44.5. The van der Waals surface area contributed by atoms with E-state index in [1.165, 1.54) is 16.4 Å². The Balaban J connectivity index is 1.98. The lowest BCUT2D eigenvalue weighted by Gasteiger charge is -2.18. The number of nitrogen functional groups attached to an aromatic ring is 1. The van der Waals surface area contributed by atoms with Crippen LogP contribution >= 0.6 is 0 Å². The Hall–Kier alpha value is -2.28. The molecule has 0 amide bonds. The van der Waals surface area contributed by atoms with Crippen LogP contribution < -0.4 is 14.8 Å². The van der Waals surface area contributed by atoms with Gasteiger partial charge in [0.05, 0.1) is 30.8 Å². The standard InChI is InChI=1S/C15H15FN2O3S/c1-21-11-4-2-10(3-5-11)8-18-14-7-6-13(16)15(17)12(14)9-22(18,19)20/h2-7H,8-9,17H2,1H3. The molecule has 0 spiro atoms. The number of hydrogen-bond acceptors (Lipinski definition) is 4. The first-order valence-corrected chi connectivity index (χ1v) is 8.23. The number of nitrogens with two attached hydrogens (primary N) is 1. The number of ether oxygens (including phenoxy) is 1. The van der Waals surface area contributed by atoms with Crippen molar-refractivity contribution >= 4 is 21.4 Å². The average molecular weight is 322 g/mol. The number of benzene rings is 2. The molecule has 0 saturated carbocycles. The molecule has 1 aliphatic heterocycles. The third-order valence-electron chi connectivity index (χ3n) is 3.70. The first-order chi connectivity index (χ1) is 10.4. The van der Waals surface area contributed by atoms with Crippen LogP contribution in [0.3, 0.4) is 0 Å². The Morgan fingerprint density at radius 3 is 2.55 bits per heavy atom. The van der Waals surface area contributed by atoms with Gasteiger partial charge in [-0.05, 0) is 29.8 Å². The molecule has 116 valence electrons. The average Bonchev–Trinajstić information content (AvgIpc) is 2.76. The van der Waals surface area contributed by atoms with E-state index in [-0.39, 0.29) is 18.0 Å². The summed E-state index contributed by atoms with van der Waals surface area (Å²) in [6.45, 7) is 0.171. The lowest BCUT2D eigenvalue weighted by Crippen LogP contribution is -2.26. The van der Waals surface area contributed by atoms with Crippen molar-refractivity contribution < 1.29 is 17.5 Å². The summed E-state index contributed by atoms with van der Waals surface area (Å²) in [5.74, 6) is -0.178. The highest BCUT2D eigenvalue weighted by Gasteiger charge is 2.35. The molecule has 0 radical (unpaired) electrons. The van der Waals surface area contributed by atoms with Gasteiger partial charge in [0.2, 0.25) is 10.0 Å². The molecule has 1 heterocycles. The SMILES string of the molecule is COc1ccc(CN2c3ccc(F)c(N)c3CS2(=O)=O)cc1. The monoisotopic (exact) mass is 322 g/mol. The van der Waals surface area contributed by atoms with Crippen LogP contribution in [0.1, 0.15) is 11.1 Å². The third-order valence-corrected chi connectivity index (χ3v) is 5.35. The number of anilines is 2. The predicted octanol–water partition coefficient (Wildman–Crippen LogP) is 2.27. The lowest BCUT2D eigenvalue weighted by atomic mass is 10.1. The largest absolute Gasteiger partial charge is 0.497 e. The van der Waals surface area contributed by atoms with Gasteiger partial charge in [-0.3, -0.25) is 4.31 Å². The maximum atomic E-state index is 13.5. The second-order valence-electron chi connectivity index (χ2n) is 5.07. The van der Waals surface area contributed by atoms with E-state index in [0.29, 0.717) is 17.0 Å². The van der Waals surface area contributed by atoms with Gasteiger partial charge >= 0.3 is 0 Å². The van der Waals surface area contributed by atoms with Crippen LogP contribution in [0.25, 0.3) is 0 Å². The van der Waals surface area contributed by atoms with Crippen LogP contribution in [0.15, 0.2) is 36.4 Å². The van der Waals surface area contributed by atoms with Crippen molar-refractivity contribution in [3.05, 3.63) is 53.3 Å². The van der Waals surface area contributed by atoms with Gasteiger partial charge in [0.15, 0.2) is 0 Å². The molecule has 0 unspecified atom stereocenters. The maximum absolute atomic E-state index is 13.5. The topological polar surface area (TPSA) is 72.6 Å². The minimum absolute atomic E-state index is 0.0988. The van der Waals surface area contributed by atoms with E-state index in [1.54, 1.807) is 31.4 Å². The van der Waals surface area contributed by atoms with E-state index in [4.69, 9.17) is 10.5 Å². The molecule has 0 aliphatic carbocycles. The quantitative estimate of drug-likeness (QED) is 0.880. The highest BCUT2D eigenvalue weighted by Crippen LogP contribution is 2.39. The van der Waals surface area contributed by atoms with Crippen LogP contribution in [-0.2, 0) is 22.3 Å². The van der Waals surface area contributed by atoms with E-state index in [2.05, 4.69) is 0 Å². The van der Waals surface area contributed by atoms with Crippen molar-refractivity contribution in [2.45, 2.75) is 12.3 Å². The zero-order valence-corrected chi connectivity index (χ0v) is 12.7. The Kier molecular flexibility index (Phi) is 3.44. The number of nitrogens with zero attached hydrogens (tertiary/aromatic N) is 1. The molecule has 0 atom stereocenters. The zero-order valence-electron chi connectivity index (χ0n) is 11.9. The number of sulfonamides is 1. The first-order valence-electron chi connectivity index (χ1n) is 6.62. The smallest absolute Gasteiger partial charge is 0.239 e. The van der Waals surface area contributed by atoms with Gasteiger partial charge < -0.3 is 10.5 Å². The second-order valence-corrected chi connectivity index (χ2v) is 6.96. The van der Waals surface area contributed by atoms with Crippen molar-refractivity contribution in [3.63, 3.8) is 0 Å². The van der Waals surface area contributed by atoms with Crippen LogP contribution in [0.2, 0.25) is 0 Å². The molecule has 22 heavy (non-hydrogen) atoms. The zero-order chi connectivity index (χ0) is 15.9. The number of hydrogen-bond donors (Lipinski definition) is 1. The summed E-state index contributed by atoms with van der Waals surface area (Å²) >= 11 is 0. The summed E-state index contributed by atoms with van der Waals surface area (Å²) in [6, 6.07) is 9.75. The van der Waals surface area contributed by atoms with Crippen molar-refractivity contribution in [2.75, 3.05) is 17.1 Å². The van der Waals surface area contributed by atoms with Crippen LogP contribution in [0.4, 0.5) is 15.8 Å². The van der Waals surface area contributed by atoms with Crippen molar-refractivity contribution in [2.24, 2.45) is 0 Å². The van der Waals surface area contributed by atoms with Gasteiger partial charge in [-0.1, -0.05) is 12.1 Å². The molecular formula is C15H15FN2O3S. The molecule has 0 bridgehead atoms. The highest BCUT2D eigenvalue weighted by molar-refractivity contribution is 7.92. The fraction of sp³-hybridized carbons (Fsp3) is 0.200. The molecule has 7 heteroatoms. The molecule has 3 rings (SSSR count). The molecular weight excluding hydrogens is 307 g/mol. The maximum Gasteiger partial charge on any atom is 0.239 e. The highest BCUT2D eigenvalue weighted by atomic mass is 32.2. The van der Waals surface area contributed by atoms with Crippen LogP contribution in [0.5, 0.6) is 5.75 Å². The number of rotatable bonds is 3. The third kappa shape index (κ3) is 2.37. The van der Waals surface area contributed by atoms with Gasteiger partial charge in [-0.2, -0.15) is 0 Å². The number of methoxy groups -OCH3 is 1. The molecule has 2 aromatic carbocycles. The summed E-state index contributed by atoms with van der Waals surface area (Å²) in [6.07, 6.45) is 0. The van der Waals surface area contributed by atoms with E-state index in [9.17, 15) is 12.8 Å². The number of halogens is 1. The van der Waals surface area contributed by atoms with E-state index in [0.717, 1.165) is 5.56 Å². The van der Waals surface area contributed by atoms with E-state index >= 15 is 0 Å². The van der Waals surface area contributed by atoms with Crippen LogP contribution in [0, 0.1) is 5.82 Å². The molecule has 0 saturated heterocycles. The summed E-state index contributed by atoms with van der Waals surface area (Å²) in [7, 11) is -1.98. The molecule has 2 N–H and O–H groups in total. The van der Waals surface area contributed by atoms with Crippen molar-refractivity contribution in [1.29, 1.82) is 0 Å². The Bertz CT molecular complexity index is 819. The molecule has 2 aromatic rings. The van der Waals surface area contributed by atoms with Gasteiger partial charge in [0.25, 0.3) is 0 Å². The fourth-order valence-electron chi connectivity index (χ4n) is 2.50. The summed E-state index contributed by atoms with van der Waals surface area (Å²) in [5, 5.41) is 0. The van der Waals surface area contributed by atoms with Gasteiger partial charge in [-0.15, -0.1) is 0 Å². The molecule has 1 aliphatic rings. The Morgan fingerprint density at radius 1 is 1.23 bits per heavy atom. The Morgan fingerprint density at radius 2 is 1.91 bits per heavy atom. The fourth-order valence-corrected chi connectivity index (χ4v) is 4.14. The molecule has 0 fully saturated rings. The van der Waals surface area contributed by atoms with Gasteiger partial charge in [-0.25, -0.2) is 12.8 Å². The minimum Gasteiger partial charge on any atom is -0.497 e. The van der Waals surface area contributed by atoms with E-state index < -0.39 is 15.8 Å². The second kappa shape index (κ2) is 5.17. The van der Waals surface area contributed by atoms with Gasteiger partial charge in [0.1, 0.15) is 11.6 Å². The number of fused-ring (bicyclic) bond motifs is 1. The predicted molar refractivity (Wildman–Crippen MR) is 82.6 cm³/mol. The summed E-state index contributed by atoms with van der Waals surface area (Å²) in [4.78, 5) is 0.